The molecule has 1 N–H and O–H groups in total. The minimum absolute atomic E-state index is 0.359. The molecule has 0 radical (unpaired) electrons. The molecule has 0 aromatic heterocycles. The van der Waals surface area contributed by atoms with E-state index >= 15 is 0 Å². The predicted molar refractivity (Wildman–Crippen MR) is 65.2 cm³/mol. The maximum Gasteiger partial charge on any atom is 0.0698 e. The monoisotopic (exact) mass is 226 g/mol. The van der Waals surface area contributed by atoms with Crippen molar-refractivity contribution in [2.75, 3.05) is 13.2 Å². The molecule has 1 heterocycles. The Morgan fingerprint density at radius 2 is 1.81 bits per heavy atom. The van der Waals surface area contributed by atoms with Crippen LogP contribution in [0.2, 0.25) is 0 Å². The molecule has 5 atom stereocenters. The highest BCUT2D eigenvalue weighted by molar-refractivity contribution is 4.93. The Labute approximate surface area is 99.4 Å². The van der Waals surface area contributed by atoms with E-state index in [0.29, 0.717) is 11.8 Å². The van der Waals surface area contributed by atoms with Gasteiger partial charge < -0.3 is 9.84 Å². The zero-order valence-electron chi connectivity index (χ0n) is 10.9. The highest BCUT2D eigenvalue weighted by Gasteiger charge is 2.43. The lowest BCUT2D eigenvalue weighted by Gasteiger charge is -2.43. The third kappa shape index (κ3) is 2.28. The predicted octanol–water partition coefficient (Wildman–Crippen LogP) is 2.85. The number of hydrogen-bond donors (Lipinski definition) is 1. The van der Waals surface area contributed by atoms with Crippen LogP contribution in [-0.2, 0) is 4.74 Å². The Morgan fingerprint density at radius 1 is 1.06 bits per heavy atom. The van der Waals surface area contributed by atoms with Gasteiger partial charge in [0, 0.05) is 12.5 Å². The molecule has 0 aromatic rings. The summed E-state index contributed by atoms with van der Waals surface area (Å²) in [6, 6.07) is 0. The molecule has 2 rings (SSSR count). The Morgan fingerprint density at radius 3 is 2.38 bits per heavy atom. The van der Waals surface area contributed by atoms with E-state index in [-0.39, 0.29) is 0 Å². The minimum Gasteiger partial charge on any atom is -0.390 e. The number of aliphatic hydroxyl groups is 1. The van der Waals surface area contributed by atoms with E-state index in [1.165, 1.54) is 19.3 Å². The molecule has 1 aliphatic heterocycles. The molecule has 0 amide bonds. The molecule has 0 spiro atoms. The van der Waals surface area contributed by atoms with Crippen LogP contribution in [0.1, 0.15) is 46.5 Å². The van der Waals surface area contributed by atoms with Gasteiger partial charge in [0.15, 0.2) is 0 Å². The fourth-order valence-electron chi connectivity index (χ4n) is 3.41. The van der Waals surface area contributed by atoms with Gasteiger partial charge in [0.2, 0.25) is 0 Å². The summed E-state index contributed by atoms with van der Waals surface area (Å²) in [5.74, 6) is 2.42. The third-order valence-corrected chi connectivity index (χ3v) is 5.18. The quantitative estimate of drug-likeness (QED) is 0.784. The van der Waals surface area contributed by atoms with Crippen molar-refractivity contribution in [2.24, 2.45) is 23.7 Å². The average Bonchev–Trinajstić information content (AvgIpc) is 2.75. The average molecular weight is 226 g/mol. The molecule has 2 fully saturated rings. The smallest absolute Gasteiger partial charge is 0.0698 e. The van der Waals surface area contributed by atoms with E-state index in [1.807, 2.05) is 6.92 Å². The van der Waals surface area contributed by atoms with Crippen molar-refractivity contribution in [3.63, 3.8) is 0 Å². The molecule has 94 valence electrons. The fourth-order valence-corrected chi connectivity index (χ4v) is 3.41. The van der Waals surface area contributed by atoms with E-state index < -0.39 is 5.60 Å². The second-order valence-corrected chi connectivity index (χ2v) is 6.25. The highest BCUT2D eigenvalue weighted by atomic mass is 16.5. The zero-order chi connectivity index (χ0) is 11.8. The first-order chi connectivity index (χ1) is 7.51. The molecule has 2 aliphatic rings. The molecular formula is C14H26O2. The van der Waals surface area contributed by atoms with Crippen molar-refractivity contribution >= 4 is 0 Å². The normalized spacial score (nSPS) is 44.2. The first-order valence-electron chi connectivity index (χ1n) is 6.82. The van der Waals surface area contributed by atoms with Crippen molar-refractivity contribution in [3.8, 4) is 0 Å². The number of hydrogen-bond acceptors (Lipinski definition) is 2. The summed E-state index contributed by atoms with van der Waals surface area (Å²) in [4.78, 5) is 0. The van der Waals surface area contributed by atoms with Crippen LogP contribution in [0.4, 0.5) is 0 Å². The summed E-state index contributed by atoms with van der Waals surface area (Å²) < 4.78 is 5.42. The molecular weight excluding hydrogens is 200 g/mol. The van der Waals surface area contributed by atoms with Crippen LogP contribution in [-0.4, -0.2) is 23.9 Å². The van der Waals surface area contributed by atoms with E-state index in [4.69, 9.17) is 4.74 Å². The van der Waals surface area contributed by atoms with Crippen LogP contribution >= 0.6 is 0 Å². The lowest BCUT2D eigenvalue weighted by Crippen LogP contribution is -2.45. The van der Waals surface area contributed by atoms with Gasteiger partial charge in [-0.25, -0.2) is 0 Å². The first kappa shape index (κ1) is 12.4. The molecule has 2 nitrogen and oxygen atoms in total. The van der Waals surface area contributed by atoms with E-state index in [1.54, 1.807) is 0 Å². The van der Waals surface area contributed by atoms with Crippen LogP contribution in [0.25, 0.3) is 0 Å². The summed E-state index contributed by atoms with van der Waals surface area (Å²) in [5.41, 5.74) is -0.509. The summed E-state index contributed by atoms with van der Waals surface area (Å²) in [6.45, 7) is 8.30. The molecule has 16 heavy (non-hydrogen) atoms. The van der Waals surface area contributed by atoms with Crippen molar-refractivity contribution in [2.45, 2.75) is 52.1 Å². The van der Waals surface area contributed by atoms with Gasteiger partial charge in [-0.05, 0) is 43.9 Å². The largest absolute Gasteiger partial charge is 0.390 e. The molecule has 5 unspecified atom stereocenters. The Hall–Kier alpha value is -0.0800. The van der Waals surface area contributed by atoms with Crippen molar-refractivity contribution in [1.29, 1.82) is 0 Å². The van der Waals surface area contributed by atoms with Crippen molar-refractivity contribution in [1.82, 2.24) is 0 Å². The van der Waals surface area contributed by atoms with Crippen LogP contribution in [0.3, 0.4) is 0 Å². The van der Waals surface area contributed by atoms with Gasteiger partial charge in [-0.2, -0.15) is 0 Å². The summed E-state index contributed by atoms with van der Waals surface area (Å²) in [6.07, 6.45) is 4.68. The number of ether oxygens (including phenoxy) is 1. The minimum atomic E-state index is -0.509. The van der Waals surface area contributed by atoms with Crippen molar-refractivity contribution in [3.05, 3.63) is 0 Å². The van der Waals surface area contributed by atoms with Gasteiger partial charge in [0.05, 0.1) is 12.2 Å². The SMILES string of the molecule is CC1CCC(C(C)(O)C2CCOC2)CC1C. The maximum atomic E-state index is 10.8. The molecule has 0 aromatic carbocycles. The van der Waals surface area contributed by atoms with Crippen molar-refractivity contribution < 1.29 is 9.84 Å². The van der Waals surface area contributed by atoms with E-state index in [9.17, 15) is 5.11 Å². The lowest BCUT2D eigenvalue weighted by atomic mass is 9.66. The number of rotatable bonds is 2. The molecule has 0 bridgehead atoms. The van der Waals surface area contributed by atoms with Gasteiger partial charge in [0.25, 0.3) is 0 Å². The van der Waals surface area contributed by atoms with Crippen LogP contribution in [0.5, 0.6) is 0 Å². The standard InChI is InChI=1S/C14H26O2/c1-10-4-5-12(8-11(10)2)14(3,15)13-6-7-16-9-13/h10-13,15H,4-9H2,1-3H3. The van der Waals surface area contributed by atoms with E-state index in [0.717, 1.165) is 31.5 Å². The van der Waals surface area contributed by atoms with Gasteiger partial charge in [-0.3, -0.25) is 0 Å². The molecule has 2 heteroatoms. The Bertz CT molecular complexity index is 231. The Kier molecular flexibility index (Phi) is 3.60. The van der Waals surface area contributed by atoms with Gasteiger partial charge in [-0.15, -0.1) is 0 Å². The zero-order valence-corrected chi connectivity index (χ0v) is 10.9. The second kappa shape index (κ2) is 4.66. The van der Waals surface area contributed by atoms with Gasteiger partial charge in [-0.1, -0.05) is 20.3 Å². The fraction of sp³-hybridized carbons (Fsp3) is 1.00. The third-order valence-electron chi connectivity index (χ3n) is 5.18. The van der Waals surface area contributed by atoms with Crippen LogP contribution in [0.15, 0.2) is 0 Å². The van der Waals surface area contributed by atoms with Gasteiger partial charge in [0.1, 0.15) is 0 Å². The summed E-state index contributed by atoms with van der Waals surface area (Å²) >= 11 is 0. The molecule has 1 saturated heterocycles. The van der Waals surface area contributed by atoms with E-state index in [2.05, 4.69) is 13.8 Å². The second-order valence-electron chi connectivity index (χ2n) is 6.25. The first-order valence-corrected chi connectivity index (χ1v) is 6.82. The highest BCUT2D eigenvalue weighted by Crippen LogP contribution is 2.43. The molecule has 1 saturated carbocycles. The van der Waals surface area contributed by atoms with Crippen LogP contribution < -0.4 is 0 Å². The van der Waals surface area contributed by atoms with Gasteiger partial charge >= 0.3 is 0 Å². The lowest BCUT2D eigenvalue weighted by molar-refractivity contribution is -0.0776. The Balaban J connectivity index is 2.00. The molecule has 1 aliphatic carbocycles. The maximum absolute atomic E-state index is 10.8. The topological polar surface area (TPSA) is 29.5 Å². The summed E-state index contributed by atoms with van der Waals surface area (Å²) in [5, 5.41) is 10.8. The van der Waals surface area contributed by atoms with Crippen LogP contribution in [0, 0.1) is 23.7 Å². The summed E-state index contributed by atoms with van der Waals surface area (Å²) in [7, 11) is 0.